The van der Waals surface area contributed by atoms with Crippen LogP contribution in [0.4, 0.5) is 0 Å². The maximum absolute atomic E-state index is 9.42. The standard InChI is InChI=1S/C50H31N3.C40H27N3S.C2H6/c1-2-14-32(15-3-1)33-16-12-17-34(30-33)49-42-24-8-10-26-44(42)51-50(52-49)35-18-13-19-36(31-35)53-45-27-11-9-25-43(45)48-46(53)29-28-41-39-22-5-4-20-37(39)38-21-6-7-23-40(38)47(41)48;1-42(38(26-14-3-2-4-15-26)32-24-23-25-13-5-6-16-27(25)37(32)41)43-33-21-11-9-19-30(33)35-28-17-7-8-18-29(28)36-31-20-10-12-22-34(31)44-40(36)39(35)43;1-2/h1-31H;2-24,41H,1H3;1-2H3/b;38-32-,41-37?;. The Balaban J connectivity index is 0.000000142. The van der Waals surface area contributed by atoms with Gasteiger partial charge in [0.2, 0.25) is 0 Å². The molecule has 0 fully saturated rings. The van der Waals surface area contributed by atoms with Gasteiger partial charge in [0, 0.05) is 88.4 Å². The lowest BCUT2D eigenvalue weighted by Crippen LogP contribution is -2.30. The first-order chi connectivity index (χ1) is 49.0. The molecule has 15 aromatic carbocycles. The second-order valence-corrected chi connectivity index (χ2v) is 26.1. The lowest BCUT2D eigenvalue weighted by molar-refractivity contribution is 0.846. The van der Waals surface area contributed by atoms with E-state index in [1.165, 1.54) is 107 Å². The van der Waals surface area contributed by atoms with E-state index in [-0.39, 0.29) is 0 Å². The Morgan fingerprint density at radius 1 is 0.384 bits per heavy atom. The smallest absolute Gasteiger partial charge is 0.160 e. The quantitative estimate of drug-likeness (QED) is 0.162. The fourth-order valence-electron chi connectivity index (χ4n) is 15.5. The van der Waals surface area contributed by atoms with E-state index in [0.717, 1.165) is 72.5 Å². The molecule has 6 nitrogen and oxygen atoms in total. The van der Waals surface area contributed by atoms with Crippen LogP contribution in [0, 0.1) is 5.41 Å². The predicted octanol–water partition coefficient (Wildman–Crippen LogP) is 24.6. The number of allylic oxidation sites excluding steroid dienone is 2. The molecule has 0 radical (unpaired) electrons. The minimum absolute atomic E-state index is 0.534. The van der Waals surface area contributed by atoms with E-state index in [2.05, 4.69) is 337 Å². The van der Waals surface area contributed by atoms with Crippen LogP contribution in [0.3, 0.4) is 0 Å². The van der Waals surface area contributed by atoms with E-state index < -0.39 is 0 Å². The predicted molar refractivity (Wildman–Crippen MR) is 424 cm³/mol. The summed E-state index contributed by atoms with van der Waals surface area (Å²) >= 11 is 1.87. The number of aromatic nitrogens is 4. The first kappa shape index (κ1) is 59.0. The molecular formula is C92H64N6S. The molecule has 1 aliphatic rings. The number of hydrogen-bond acceptors (Lipinski definition) is 5. The van der Waals surface area contributed by atoms with Gasteiger partial charge in [-0.2, -0.15) is 0 Å². The molecule has 0 unspecified atom stereocenters. The Kier molecular flexibility index (Phi) is 14.5. The number of thiophene rings is 1. The summed E-state index contributed by atoms with van der Waals surface area (Å²) in [6, 6.07) is 112. The Hall–Kier alpha value is -12.6. The molecule has 0 amide bonds. The van der Waals surface area contributed by atoms with Gasteiger partial charge < -0.3 is 4.57 Å². The lowest BCUT2D eigenvalue weighted by Gasteiger charge is -2.30. The first-order valence-corrected chi connectivity index (χ1v) is 34.8. The summed E-state index contributed by atoms with van der Waals surface area (Å²) in [7, 11) is 2.15. The number of fused-ring (bicyclic) bond motifs is 22. The topological polar surface area (TPSA) is 62.7 Å². The fourth-order valence-corrected chi connectivity index (χ4v) is 16.8. The van der Waals surface area contributed by atoms with Crippen molar-refractivity contribution < 1.29 is 0 Å². The lowest BCUT2D eigenvalue weighted by atomic mass is 9.89. The molecule has 4 aromatic heterocycles. The molecule has 4 heterocycles. The largest absolute Gasteiger partial charge is 0.309 e. The van der Waals surface area contributed by atoms with E-state index in [1.54, 1.807) is 0 Å². The Morgan fingerprint density at radius 3 is 1.67 bits per heavy atom. The van der Waals surface area contributed by atoms with Crippen molar-refractivity contribution in [3.63, 3.8) is 0 Å². The van der Waals surface area contributed by atoms with Crippen LogP contribution in [0.2, 0.25) is 0 Å². The van der Waals surface area contributed by atoms with E-state index in [1.807, 2.05) is 37.3 Å². The third-order valence-electron chi connectivity index (χ3n) is 19.7. The van der Waals surface area contributed by atoms with Gasteiger partial charge in [0.15, 0.2) is 5.82 Å². The van der Waals surface area contributed by atoms with Crippen molar-refractivity contribution in [2.75, 3.05) is 12.1 Å². The molecule has 1 aliphatic carbocycles. The van der Waals surface area contributed by atoms with E-state index in [0.29, 0.717) is 11.5 Å². The molecule has 0 saturated heterocycles. The van der Waals surface area contributed by atoms with E-state index in [9.17, 15) is 5.41 Å². The maximum Gasteiger partial charge on any atom is 0.160 e. The summed E-state index contributed by atoms with van der Waals surface area (Å²) in [6.45, 7) is 4.00. The molecule has 20 rings (SSSR count). The van der Waals surface area contributed by atoms with Crippen molar-refractivity contribution in [1.82, 2.24) is 19.2 Å². The van der Waals surface area contributed by atoms with Crippen LogP contribution in [-0.2, 0) is 0 Å². The third-order valence-corrected chi connectivity index (χ3v) is 20.9. The molecule has 0 saturated carbocycles. The van der Waals surface area contributed by atoms with Gasteiger partial charge in [0.1, 0.15) is 0 Å². The van der Waals surface area contributed by atoms with Crippen molar-refractivity contribution >= 4 is 147 Å². The molecule has 0 spiro atoms. The van der Waals surface area contributed by atoms with Crippen molar-refractivity contribution in [2.45, 2.75) is 13.8 Å². The molecule has 468 valence electrons. The summed E-state index contributed by atoms with van der Waals surface area (Å²) in [5.74, 6) is 0.703. The third kappa shape index (κ3) is 9.56. The Labute approximate surface area is 576 Å². The first-order valence-electron chi connectivity index (χ1n) is 33.9. The van der Waals surface area contributed by atoms with Crippen molar-refractivity contribution in [2.24, 2.45) is 0 Å². The number of nitrogens with one attached hydrogen (secondary N) is 1. The molecule has 0 atom stereocenters. The van der Waals surface area contributed by atoms with Crippen LogP contribution in [-0.4, -0.2) is 32.0 Å². The average molecular weight is 1290 g/mol. The summed E-state index contributed by atoms with van der Waals surface area (Å²) in [4.78, 5) is 10.4. The number of benzene rings is 15. The van der Waals surface area contributed by atoms with Crippen LogP contribution >= 0.6 is 11.3 Å². The molecule has 0 bridgehead atoms. The molecule has 1 N–H and O–H groups in total. The normalized spacial score (nSPS) is 12.7. The Morgan fingerprint density at radius 2 is 0.919 bits per heavy atom. The SMILES string of the molecule is CC.CN(/C(=C1/C=Cc2ccccc2C1=N)c1ccccc1)n1c2ccccc2c2c3ccccc3c3c4ccccc4sc3c21.c1ccc(-c2cccc(-c3nc(-c4cccc(-n5c6ccccc6c6c7c8ccccc8c8ccccc8c7ccc65)c4)nc4ccccc34)c2)cc1. The van der Waals surface area contributed by atoms with Gasteiger partial charge in [0.25, 0.3) is 0 Å². The maximum atomic E-state index is 9.42. The molecular weight excluding hydrogens is 1220 g/mol. The monoisotopic (exact) mass is 1280 g/mol. The highest BCUT2D eigenvalue weighted by Gasteiger charge is 2.28. The number of para-hydroxylation sites is 3. The van der Waals surface area contributed by atoms with Gasteiger partial charge in [-0.05, 0) is 103 Å². The highest BCUT2D eigenvalue weighted by atomic mass is 32.1. The minimum atomic E-state index is 0.534. The second-order valence-electron chi connectivity index (χ2n) is 25.1. The number of nitrogens with zero attached hydrogens (tertiary/aromatic N) is 5. The van der Waals surface area contributed by atoms with Crippen LogP contribution in [0.5, 0.6) is 0 Å². The van der Waals surface area contributed by atoms with Gasteiger partial charge in [-0.1, -0.05) is 293 Å². The van der Waals surface area contributed by atoms with E-state index in [4.69, 9.17) is 9.97 Å². The molecule has 0 aliphatic heterocycles. The fraction of sp³-hybridized carbons (Fsp3) is 0.0326. The molecule has 99 heavy (non-hydrogen) atoms. The van der Waals surface area contributed by atoms with Gasteiger partial charge in [-0.25, -0.2) is 9.97 Å². The zero-order valence-corrected chi connectivity index (χ0v) is 55.6. The minimum Gasteiger partial charge on any atom is -0.309 e. The van der Waals surface area contributed by atoms with Crippen LogP contribution in [0.1, 0.15) is 30.5 Å². The van der Waals surface area contributed by atoms with Crippen LogP contribution in [0.15, 0.2) is 327 Å². The summed E-state index contributed by atoms with van der Waals surface area (Å²) in [5.41, 5.74) is 17.5. The summed E-state index contributed by atoms with van der Waals surface area (Å²) < 4.78 is 7.36. The van der Waals surface area contributed by atoms with Gasteiger partial charge in [-0.3, -0.25) is 15.1 Å². The van der Waals surface area contributed by atoms with Crippen molar-refractivity contribution in [1.29, 1.82) is 5.41 Å². The second kappa shape index (κ2) is 24.3. The summed E-state index contributed by atoms with van der Waals surface area (Å²) in [6.07, 6.45) is 4.25. The molecule has 19 aromatic rings. The van der Waals surface area contributed by atoms with Crippen molar-refractivity contribution in [3.8, 4) is 39.5 Å². The van der Waals surface area contributed by atoms with Crippen molar-refractivity contribution in [3.05, 3.63) is 344 Å². The van der Waals surface area contributed by atoms with Crippen LogP contribution < -0.4 is 5.01 Å². The highest BCUT2D eigenvalue weighted by Crippen LogP contribution is 2.49. The number of hydrogen-bond donors (Lipinski definition) is 1. The zero-order valence-electron chi connectivity index (χ0n) is 54.8. The number of rotatable bonds is 7. The Bertz CT molecular complexity index is 6510. The zero-order chi connectivity index (χ0) is 66.2. The average Bonchev–Trinajstić information content (AvgIpc) is 1.56. The van der Waals surface area contributed by atoms with Gasteiger partial charge >= 0.3 is 0 Å². The van der Waals surface area contributed by atoms with Crippen LogP contribution in [0.25, 0.3) is 169 Å². The van der Waals surface area contributed by atoms with Gasteiger partial charge in [-0.15, -0.1) is 11.3 Å². The summed E-state index contributed by atoms with van der Waals surface area (Å²) in [5, 5.41) is 30.6. The van der Waals surface area contributed by atoms with E-state index >= 15 is 0 Å². The van der Waals surface area contributed by atoms with Gasteiger partial charge in [0.05, 0.1) is 49.4 Å². The highest BCUT2D eigenvalue weighted by molar-refractivity contribution is 7.27. The molecule has 7 heteroatoms.